The minimum Gasteiger partial charge on any atom is -0.406 e. The molecule has 3 aromatic rings. The van der Waals surface area contributed by atoms with Gasteiger partial charge in [-0.1, -0.05) is 12.1 Å². The number of rotatable bonds is 6. The Morgan fingerprint density at radius 2 is 1.83 bits per heavy atom. The van der Waals surface area contributed by atoms with Gasteiger partial charge in [0.15, 0.2) is 0 Å². The maximum atomic E-state index is 12.2. The molecule has 0 unspecified atom stereocenters. The summed E-state index contributed by atoms with van der Waals surface area (Å²) in [6, 6.07) is 9.30. The summed E-state index contributed by atoms with van der Waals surface area (Å²) in [6.07, 6.45) is -2.48. The van der Waals surface area contributed by atoms with Gasteiger partial charge in [-0.05, 0) is 50.1 Å². The molecule has 6 nitrogen and oxygen atoms in total. The van der Waals surface area contributed by atoms with Crippen LogP contribution in [-0.2, 0) is 6.42 Å². The molecule has 0 aliphatic carbocycles. The highest BCUT2D eigenvalue weighted by Crippen LogP contribution is 2.23. The Kier molecular flexibility index (Phi) is 5.86. The summed E-state index contributed by atoms with van der Waals surface area (Å²) < 4.78 is 40.3. The number of halogens is 3. The number of anilines is 1. The summed E-state index contributed by atoms with van der Waals surface area (Å²) in [7, 11) is 0. The highest BCUT2D eigenvalue weighted by molar-refractivity contribution is 5.56. The minimum absolute atomic E-state index is 0.179. The average Bonchev–Trinajstić information content (AvgIpc) is 2.66. The van der Waals surface area contributed by atoms with E-state index in [1.807, 2.05) is 0 Å². The lowest BCUT2D eigenvalue weighted by Gasteiger charge is -2.10. The van der Waals surface area contributed by atoms with E-state index < -0.39 is 6.36 Å². The Morgan fingerprint density at radius 3 is 2.41 bits per heavy atom. The molecule has 0 saturated heterocycles. The van der Waals surface area contributed by atoms with E-state index in [4.69, 9.17) is 0 Å². The molecule has 9 heteroatoms. The molecule has 0 bridgehead atoms. The molecule has 0 saturated carbocycles. The van der Waals surface area contributed by atoms with E-state index in [1.54, 1.807) is 44.3 Å². The molecule has 0 radical (unpaired) electrons. The van der Waals surface area contributed by atoms with Crippen LogP contribution in [0.4, 0.5) is 19.0 Å². The molecular weight excluding hydrogens is 385 g/mol. The zero-order valence-electron chi connectivity index (χ0n) is 15.8. The molecule has 1 aromatic carbocycles. The van der Waals surface area contributed by atoms with Crippen molar-refractivity contribution < 1.29 is 17.9 Å². The summed E-state index contributed by atoms with van der Waals surface area (Å²) >= 11 is 0. The van der Waals surface area contributed by atoms with Crippen LogP contribution in [0.3, 0.4) is 0 Å². The summed E-state index contributed by atoms with van der Waals surface area (Å²) in [5.41, 5.74) is 2.62. The number of aromatic amines is 1. The zero-order chi connectivity index (χ0) is 21.0. The maximum absolute atomic E-state index is 12.2. The SMILES string of the molecule is Cc1nc(-c2ccc(NCCc3ccc(OC(F)(F)F)cc3)nc2)[nH]c(=O)c1C. The molecule has 0 aliphatic heterocycles. The highest BCUT2D eigenvalue weighted by Gasteiger charge is 2.30. The van der Waals surface area contributed by atoms with Gasteiger partial charge in [0.1, 0.15) is 17.4 Å². The number of nitrogens with one attached hydrogen (secondary N) is 2. The van der Waals surface area contributed by atoms with E-state index in [0.717, 1.165) is 5.56 Å². The molecule has 152 valence electrons. The first kappa shape index (κ1) is 20.4. The number of hydrogen-bond donors (Lipinski definition) is 2. The first-order valence-corrected chi connectivity index (χ1v) is 8.84. The van der Waals surface area contributed by atoms with Crippen LogP contribution in [-0.4, -0.2) is 27.9 Å². The number of alkyl halides is 3. The van der Waals surface area contributed by atoms with Crippen molar-refractivity contribution in [3.63, 3.8) is 0 Å². The lowest BCUT2D eigenvalue weighted by atomic mass is 10.1. The number of benzene rings is 1. The fourth-order valence-electron chi connectivity index (χ4n) is 2.61. The van der Waals surface area contributed by atoms with Gasteiger partial charge in [0.25, 0.3) is 5.56 Å². The summed E-state index contributed by atoms with van der Waals surface area (Å²) in [4.78, 5) is 23.3. The minimum atomic E-state index is -4.69. The Hall–Kier alpha value is -3.36. The number of nitrogens with zero attached hydrogens (tertiary/aromatic N) is 2. The Balaban J connectivity index is 1.56. The van der Waals surface area contributed by atoms with E-state index in [2.05, 4.69) is 25.0 Å². The molecule has 3 rings (SSSR count). The number of aryl methyl sites for hydroxylation is 1. The molecule has 0 amide bonds. The van der Waals surface area contributed by atoms with Crippen molar-refractivity contribution in [2.45, 2.75) is 26.6 Å². The van der Waals surface area contributed by atoms with Crippen LogP contribution < -0.4 is 15.6 Å². The van der Waals surface area contributed by atoms with E-state index in [9.17, 15) is 18.0 Å². The summed E-state index contributed by atoms with van der Waals surface area (Å²) in [5.74, 6) is 0.847. The third kappa shape index (κ3) is 5.56. The third-order valence-corrected chi connectivity index (χ3v) is 4.31. The van der Waals surface area contributed by atoms with Crippen molar-refractivity contribution >= 4 is 5.82 Å². The number of hydrogen-bond acceptors (Lipinski definition) is 5. The Labute approximate surface area is 164 Å². The topological polar surface area (TPSA) is 79.9 Å². The quantitative estimate of drug-likeness (QED) is 0.649. The van der Waals surface area contributed by atoms with Crippen LogP contribution in [0, 0.1) is 13.8 Å². The first-order valence-electron chi connectivity index (χ1n) is 8.84. The molecular formula is C20H19F3N4O2. The van der Waals surface area contributed by atoms with Crippen LogP contribution in [0.1, 0.15) is 16.8 Å². The van der Waals surface area contributed by atoms with Gasteiger partial charge in [0, 0.05) is 29.6 Å². The van der Waals surface area contributed by atoms with Crippen LogP contribution in [0.25, 0.3) is 11.4 Å². The second-order valence-corrected chi connectivity index (χ2v) is 6.43. The first-order chi connectivity index (χ1) is 13.7. The number of aromatic nitrogens is 3. The Bertz CT molecular complexity index is 1030. The molecule has 2 heterocycles. The molecule has 0 spiro atoms. The van der Waals surface area contributed by atoms with Crippen molar-refractivity contribution in [2.24, 2.45) is 0 Å². The van der Waals surface area contributed by atoms with Crippen LogP contribution in [0.5, 0.6) is 5.75 Å². The molecule has 0 fully saturated rings. The lowest BCUT2D eigenvalue weighted by Crippen LogP contribution is -2.17. The number of pyridine rings is 1. The van der Waals surface area contributed by atoms with Gasteiger partial charge in [0.2, 0.25) is 0 Å². The smallest absolute Gasteiger partial charge is 0.406 e. The standard InChI is InChI=1S/C20H19F3N4O2/c1-12-13(2)26-18(27-19(12)28)15-5-8-17(25-11-15)24-10-9-14-3-6-16(7-4-14)29-20(21,22)23/h3-8,11H,9-10H2,1-2H3,(H,24,25)(H,26,27,28). The van der Waals surface area contributed by atoms with Crippen molar-refractivity contribution in [3.8, 4) is 17.1 Å². The largest absolute Gasteiger partial charge is 0.573 e. The van der Waals surface area contributed by atoms with Crippen molar-refractivity contribution in [2.75, 3.05) is 11.9 Å². The summed E-state index contributed by atoms with van der Waals surface area (Å²) in [6.45, 7) is 4.04. The van der Waals surface area contributed by atoms with E-state index in [1.165, 1.54) is 12.1 Å². The Morgan fingerprint density at radius 1 is 1.10 bits per heavy atom. The predicted molar refractivity (Wildman–Crippen MR) is 103 cm³/mol. The molecule has 0 aliphatic rings. The van der Waals surface area contributed by atoms with E-state index in [0.29, 0.717) is 41.4 Å². The highest BCUT2D eigenvalue weighted by atomic mass is 19.4. The second kappa shape index (κ2) is 8.34. The number of ether oxygens (including phenoxy) is 1. The van der Waals surface area contributed by atoms with E-state index >= 15 is 0 Å². The fourth-order valence-corrected chi connectivity index (χ4v) is 2.61. The van der Waals surface area contributed by atoms with E-state index in [-0.39, 0.29) is 11.3 Å². The van der Waals surface area contributed by atoms with Crippen molar-refractivity contribution in [1.29, 1.82) is 0 Å². The third-order valence-electron chi connectivity index (χ3n) is 4.31. The maximum Gasteiger partial charge on any atom is 0.573 e. The number of H-pyrrole nitrogens is 1. The lowest BCUT2D eigenvalue weighted by molar-refractivity contribution is -0.274. The van der Waals surface area contributed by atoms with Gasteiger partial charge in [-0.25, -0.2) is 9.97 Å². The zero-order valence-corrected chi connectivity index (χ0v) is 15.8. The normalized spacial score (nSPS) is 11.3. The second-order valence-electron chi connectivity index (χ2n) is 6.43. The van der Waals surface area contributed by atoms with Gasteiger partial charge < -0.3 is 15.0 Å². The van der Waals surface area contributed by atoms with Gasteiger partial charge in [-0.2, -0.15) is 0 Å². The van der Waals surface area contributed by atoms with Gasteiger partial charge in [0.05, 0.1) is 0 Å². The predicted octanol–water partition coefficient (Wildman–Crippen LogP) is 4.00. The van der Waals surface area contributed by atoms with Crippen LogP contribution in [0.15, 0.2) is 47.4 Å². The average molecular weight is 404 g/mol. The molecule has 29 heavy (non-hydrogen) atoms. The molecule has 2 N–H and O–H groups in total. The van der Waals surface area contributed by atoms with Crippen LogP contribution >= 0.6 is 0 Å². The molecule has 0 atom stereocenters. The van der Waals surface area contributed by atoms with Gasteiger partial charge >= 0.3 is 6.36 Å². The van der Waals surface area contributed by atoms with Crippen molar-refractivity contribution in [1.82, 2.24) is 15.0 Å². The van der Waals surface area contributed by atoms with Gasteiger partial charge in [-0.15, -0.1) is 13.2 Å². The fraction of sp³-hybridized carbons (Fsp3) is 0.250. The van der Waals surface area contributed by atoms with Crippen LogP contribution in [0.2, 0.25) is 0 Å². The van der Waals surface area contributed by atoms with Gasteiger partial charge in [-0.3, -0.25) is 4.79 Å². The molecule has 2 aromatic heterocycles. The summed E-state index contributed by atoms with van der Waals surface area (Å²) in [5, 5.41) is 3.14. The van der Waals surface area contributed by atoms with Crippen molar-refractivity contribution in [3.05, 3.63) is 69.8 Å². The monoisotopic (exact) mass is 404 g/mol.